The highest BCUT2D eigenvalue weighted by molar-refractivity contribution is 5.83. The van der Waals surface area contributed by atoms with Gasteiger partial charge in [0.15, 0.2) is 17.0 Å². The highest BCUT2D eigenvalue weighted by Crippen LogP contribution is 2.39. The molecule has 0 spiro atoms. The van der Waals surface area contributed by atoms with Gasteiger partial charge in [0.1, 0.15) is 5.82 Å². The number of fused-ring (bicyclic) bond motifs is 2. The lowest BCUT2D eigenvalue weighted by molar-refractivity contribution is 0.189. The molecule has 0 aliphatic heterocycles. The number of hydrogen-bond donors (Lipinski definition) is 2. The largest absolute Gasteiger partial charge is 0.385 e. The van der Waals surface area contributed by atoms with Gasteiger partial charge in [-0.1, -0.05) is 12.1 Å². The molecular formula is C20H23N7O. The number of aryl methyl sites for hydroxylation is 1. The van der Waals surface area contributed by atoms with Crippen LogP contribution in [-0.4, -0.2) is 43.4 Å². The molecule has 0 bridgehead atoms. The highest BCUT2D eigenvalue weighted by Gasteiger charge is 2.26. The Labute approximate surface area is 162 Å². The second kappa shape index (κ2) is 7.20. The lowest BCUT2D eigenvalue weighted by Crippen LogP contribution is -2.06. The van der Waals surface area contributed by atoms with Gasteiger partial charge >= 0.3 is 0 Å². The van der Waals surface area contributed by atoms with Crippen LogP contribution in [0.25, 0.3) is 22.2 Å². The van der Waals surface area contributed by atoms with Crippen LogP contribution in [0.3, 0.4) is 0 Å². The molecule has 0 saturated heterocycles. The first-order chi connectivity index (χ1) is 13.8. The molecule has 0 amide bonds. The Morgan fingerprint density at radius 1 is 1.25 bits per heavy atom. The van der Waals surface area contributed by atoms with E-state index in [1.165, 1.54) is 12.8 Å². The molecule has 0 atom stereocenters. The van der Waals surface area contributed by atoms with Gasteiger partial charge in [0.25, 0.3) is 0 Å². The van der Waals surface area contributed by atoms with Gasteiger partial charge in [-0.25, -0.2) is 19.6 Å². The number of methoxy groups -OCH3 is 1. The number of benzene rings is 1. The Bertz CT molecular complexity index is 1080. The molecular weight excluding hydrogens is 354 g/mol. The first-order valence-electron chi connectivity index (χ1n) is 9.71. The molecule has 2 N–H and O–H groups in total. The number of hydrogen-bond acceptors (Lipinski definition) is 6. The zero-order valence-electron chi connectivity index (χ0n) is 15.9. The van der Waals surface area contributed by atoms with Crippen molar-refractivity contribution in [2.45, 2.75) is 38.3 Å². The fraction of sp³-hybridized carbons (Fsp3) is 0.400. The van der Waals surface area contributed by atoms with E-state index in [-0.39, 0.29) is 0 Å². The van der Waals surface area contributed by atoms with Crippen molar-refractivity contribution in [2.24, 2.45) is 0 Å². The number of para-hydroxylation sites is 2. The van der Waals surface area contributed by atoms with Crippen LogP contribution in [0.1, 0.15) is 36.7 Å². The molecule has 4 aromatic rings. The quantitative estimate of drug-likeness (QED) is 0.458. The summed E-state index contributed by atoms with van der Waals surface area (Å²) in [4.78, 5) is 17.5. The monoisotopic (exact) mass is 377 g/mol. The van der Waals surface area contributed by atoms with E-state index in [1.807, 2.05) is 35.1 Å². The van der Waals surface area contributed by atoms with E-state index in [0.29, 0.717) is 19.1 Å². The average molecular weight is 377 g/mol. The van der Waals surface area contributed by atoms with Crippen molar-refractivity contribution in [2.75, 3.05) is 19.0 Å². The molecule has 8 heteroatoms. The summed E-state index contributed by atoms with van der Waals surface area (Å²) in [6.45, 7) is 1.99. The summed E-state index contributed by atoms with van der Waals surface area (Å²) in [7, 11) is 1.71. The van der Waals surface area contributed by atoms with Gasteiger partial charge in [0, 0.05) is 32.4 Å². The SMILES string of the molecule is COCCCn1nc(NCc2nc3ccccc3[nH]2)c2ncc(C3CC3)nc21. The van der Waals surface area contributed by atoms with E-state index in [4.69, 9.17) is 14.8 Å². The van der Waals surface area contributed by atoms with Crippen molar-refractivity contribution in [1.29, 1.82) is 0 Å². The molecule has 3 aromatic heterocycles. The van der Waals surface area contributed by atoms with Gasteiger partial charge in [0.05, 0.1) is 23.3 Å². The molecule has 0 radical (unpaired) electrons. The molecule has 28 heavy (non-hydrogen) atoms. The minimum atomic E-state index is 0.547. The fourth-order valence-corrected chi connectivity index (χ4v) is 3.42. The van der Waals surface area contributed by atoms with Crippen LogP contribution in [0.5, 0.6) is 0 Å². The molecule has 1 aromatic carbocycles. The Balaban J connectivity index is 1.42. The number of H-pyrrole nitrogens is 1. The predicted molar refractivity (Wildman–Crippen MR) is 107 cm³/mol. The second-order valence-corrected chi connectivity index (χ2v) is 7.21. The van der Waals surface area contributed by atoms with E-state index >= 15 is 0 Å². The Morgan fingerprint density at radius 2 is 2.14 bits per heavy atom. The van der Waals surface area contributed by atoms with E-state index in [9.17, 15) is 0 Å². The summed E-state index contributed by atoms with van der Waals surface area (Å²) < 4.78 is 7.12. The zero-order valence-corrected chi connectivity index (χ0v) is 15.9. The molecule has 0 unspecified atom stereocenters. The Morgan fingerprint density at radius 3 is 2.96 bits per heavy atom. The maximum atomic E-state index is 5.18. The van der Waals surface area contributed by atoms with Gasteiger partial charge in [-0.15, -0.1) is 0 Å². The lowest BCUT2D eigenvalue weighted by atomic mass is 10.3. The minimum Gasteiger partial charge on any atom is -0.385 e. The first kappa shape index (κ1) is 17.1. The highest BCUT2D eigenvalue weighted by atomic mass is 16.5. The summed E-state index contributed by atoms with van der Waals surface area (Å²) >= 11 is 0. The number of imidazole rings is 1. The third-order valence-electron chi connectivity index (χ3n) is 5.04. The Kier molecular flexibility index (Phi) is 4.40. The maximum absolute atomic E-state index is 5.18. The van der Waals surface area contributed by atoms with Crippen LogP contribution in [-0.2, 0) is 17.8 Å². The summed E-state index contributed by atoms with van der Waals surface area (Å²) in [5.41, 5.74) is 4.71. The third kappa shape index (κ3) is 3.31. The van der Waals surface area contributed by atoms with Crippen molar-refractivity contribution >= 4 is 28.0 Å². The predicted octanol–water partition coefficient (Wildman–Crippen LogP) is 3.23. The summed E-state index contributed by atoms with van der Waals surface area (Å²) in [6, 6.07) is 8.01. The van der Waals surface area contributed by atoms with E-state index < -0.39 is 0 Å². The van der Waals surface area contributed by atoms with E-state index in [1.54, 1.807) is 7.11 Å². The van der Waals surface area contributed by atoms with Crippen LogP contribution in [0.4, 0.5) is 5.82 Å². The van der Waals surface area contributed by atoms with Crippen LogP contribution in [0.15, 0.2) is 30.5 Å². The van der Waals surface area contributed by atoms with Crippen LogP contribution in [0, 0.1) is 0 Å². The molecule has 1 aliphatic carbocycles. The van der Waals surface area contributed by atoms with Crippen molar-refractivity contribution < 1.29 is 4.74 Å². The maximum Gasteiger partial charge on any atom is 0.179 e. The van der Waals surface area contributed by atoms with Gasteiger partial charge in [-0.2, -0.15) is 5.10 Å². The normalized spacial score (nSPS) is 14.2. The van der Waals surface area contributed by atoms with Crippen molar-refractivity contribution in [3.05, 3.63) is 42.0 Å². The number of rotatable bonds is 8. The second-order valence-electron chi connectivity index (χ2n) is 7.21. The number of ether oxygens (including phenoxy) is 1. The van der Waals surface area contributed by atoms with Gasteiger partial charge < -0.3 is 15.0 Å². The Hall–Kier alpha value is -3.00. The summed E-state index contributed by atoms with van der Waals surface area (Å²) in [5, 5.41) is 8.11. The standard InChI is InChI=1S/C20H23N7O/c1-28-10-4-9-27-20-18(21-11-16(25-20)13-7-8-13)19(26-27)22-12-17-23-14-5-2-3-6-15(14)24-17/h2-3,5-6,11,13H,4,7-10,12H2,1H3,(H,22,26)(H,23,24). The number of aromatic amines is 1. The number of aromatic nitrogens is 6. The number of anilines is 1. The van der Waals surface area contributed by atoms with Crippen molar-refractivity contribution in [3.8, 4) is 0 Å². The third-order valence-corrected chi connectivity index (χ3v) is 5.04. The average Bonchev–Trinajstić information content (AvgIpc) is 3.40. The lowest BCUT2D eigenvalue weighted by Gasteiger charge is -2.03. The number of nitrogens with one attached hydrogen (secondary N) is 2. The van der Waals surface area contributed by atoms with E-state index in [2.05, 4.69) is 20.3 Å². The van der Waals surface area contributed by atoms with Crippen LogP contribution >= 0.6 is 0 Å². The van der Waals surface area contributed by atoms with Crippen LogP contribution < -0.4 is 5.32 Å². The fourth-order valence-electron chi connectivity index (χ4n) is 3.42. The van der Waals surface area contributed by atoms with Crippen molar-refractivity contribution in [3.63, 3.8) is 0 Å². The molecule has 3 heterocycles. The first-order valence-corrected chi connectivity index (χ1v) is 9.71. The summed E-state index contributed by atoms with van der Waals surface area (Å²) in [6.07, 6.45) is 5.18. The molecule has 1 saturated carbocycles. The molecule has 8 nitrogen and oxygen atoms in total. The zero-order chi connectivity index (χ0) is 18.9. The topological polar surface area (TPSA) is 93.5 Å². The molecule has 144 valence electrons. The van der Waals surface area contributed by atoms with Gasteiger partial charge in [-0.3, -0.25) is 0 Å². The summed E-state index contributed by atoms with van der Waals surface area (Å²) in [5.74, 6) is 2.17. The number of nitrogens with zero attached hydrogens (tertiary/aromatic N) is 5. The molecule has 1 fully saturated rings. The van der Waals surface area contributed by atoms with E-state index in [0.717, 1.165) is 52.5 Å². The van der Waals surface area contributed by atoms with Gasteiger partial charge in [-0.05, 0) is 31.4 Å². The molecule has 5 rings (SSSR count). The van der Waals surface area contributed by atoms with Crippen LogP contribution in [0.2, 0.25) is 0 Å². The molecule has 1 aliphatic rings. The van der Waals surface area contributed by atoms with Gasteiger partial charge in [0.2, 0.25) is 0 Å². The smallest absolute Gasteiger partial charge is 0.179 e. The minimum absolute atomic E-state index is 0.547. The van der Waals surface area contributed by atoms with Crippen molar-refractivity contribution in [1.82, 2.24) is 29.7 Å².